The fourth-order valence-electron chi connectivity index (χ4n) is 2.05. The van der Waals surface area contributed by atoms with Crippen LogP contribution in [0.3, 0.4) is 0 Å². The summed E-state index contributed by atoms with van der Waals surface area (Å²) in [5.74, 6) is 0.805. The van der Waals surface area contributed by atoms with Crippen molar-refractivity contribution in [1.29, 1.82) is 0 Å². The molecule has 1 aliphatic heterocycles. The Morgan fingerprint density at radius 1 is 1.47 bits per heavy atom. The molecular weight excluding hydrogens is 233 g/mol. The highest BCUT2D eigenvalue weighted by Gasteiger charge is 2.34. The van der Waals surface area contributed by atoms with Crippen LogP contribution in [0.2, 0.25) is 0 Å². The largest absolute Gasteiger partial charge is 0.468 e. The lowest BCUT2D eigenvalue weighted by Gasteiger charge is -2.18. The van der Waals surface area contributed by atoms with E-state index >= 15 is 0 Å². The molecule has 3 nitrogen and oxygen atoms in total. The maximum absolute atomic E-state index is 12.2. The molecule has 0 aliphatic carbocycles. The van der Waals surface area contributed by atoms with Crippen molar-refractivity contribution in [2.24, 2.45) is 0 Å². The number of nitrogens with zero attached hydrogens (tertiary/aromatic N) is 1. The molecule has 1 aromatic heterocycles. The predicted octanol–water partition coefficient (Wildman–Crippen LogP) is 2.01. The van der Waals surface area contributed by atoms with Crippen LogP contribution in [-0.4, -0.2) is 36.8 Å². The average molecular weight is 248 g/mol. The van der Waals surface area contributed by atoms with Gasteiger partial charge in [0.15, 0.2) is 0 Å². The first-order valence-electron chi connectivity index (χ1n) is 5.58. The number of rotatable bonds is 4. The number of nitrogens with one attached hydrogen (secondary N) is 1. The summed E-state index contributed by atoms with van der Waals surface area (Å²) in [6, 6.07) is 3.75. The lowest BCUT2D eigenvalue weighted by Crippen LogP contribution is -2.36. The fraction of sp³-hybridized carbons (Fsp3) is 0.636. The molecular formula is C11H15F3N2O. The Morgan fingerprint density at radius 2 is 2.29 bits per heavy atom. The van der Waals surface area contributed by atoms with Crippen molar-refractivity contribution >= 4 is 0 Å². The summed E-state index contributed by atoms with van der Waals surface area (Å²) in [6.45, 7) is 0.693. The minimum Gasteiger partial charge on any atom is -0.468 e. The molecule has 1 aliphatic rings. The smallest absolute Gasteiger partial charge is 0.401 e. The van der Waals surface area contributed by atoms with Gasteiger partial charge in [-0.2, -0.15) is 13.2 Å². The van der Waals surface area contributed by atoms with Crippen LogP contribution in [0, 0.1) is 0 Å². The summed E-state index contributed by atoms with van der Waals surface area (Å²) < 4.78 is 41.6. The summed E-state index contributed by atoms with van der Waals surface area (Å²) in [5.41, 5.74) is 0. The molecule has 2 heterocycles. The van der Waals surface area contributed by atoms with Crippen LogP contribution in [0.15, 0.2) is 22.8 Å². The topological polar surface area (TPSA) is 28.4 Å². The van der Waals surface area contributed by atoms with Crippen molar-refractivity contribution in [3.63, 3.8) is 0 Å². The van der Waals surface area contributed by atoms with E-state index in [1.807, 2.05) is 6.07 Å². The van der Waals surface area contributed by atoms with Gasteiger partial charge in [0, 0.05) is 19.1 Å². The summed E-state index contributed by atoms with van der Waals surface area (Å²) in [7, 11) is 0. The number of alkyl halides is 3. The lowest BCUT2D eigenvalue weighted by atomic mass is 10.2. The summed E-state index contributed by atoms with van der Waals surface area (Å²) >= 11 is 0. The van der Waals surface area contributed by atoms with E-state index in [9.17, 15) is 13.2 Å². The zero-order valence-electron chi connectivity index (χ0n) is 9.33. The molecule has 0 unspecified atom stereocenters. The van der Waals surface area contributed by atoms with E-state index in [0.717, 1.165) is 12.2 Å². The van der Waals surface area contributed by atoms with Gasteiger partial charge in [-0.1, -0.05) is 0 Å². The van der Waals surface area contributed by atoms with E-state index in [0.29, 0.717) is 19.6 Å². The molecule has 0 radical (unpaired) electrons. The van der Waals surface area contributed by atoms with Crippen LogP contribution in [0.5, 0.6) is 0 Å². The third-order valence-corrected chi connectivity index (χ3v) is 2.82. The fourth-order valence-corrected chi connectivity index (χ4v) is 2.05. The van der Waals surface area contributed by atoms with Gasteiger partial charge in [0.25, 0.3) is 0 Å². The Balaban J connectivity index is 1.71. The molecule has 1 fully saturated rings. The van der Waals surface area contributed by atoms with Gasteiger partial charge in [-0.3, -0.25) is 4.90 Å². The first-order valence-corrected chi connectivity index (χ1v) is 5.58. The zero-order valence-corrected chi connectivity index (χ0v) is 9.33. The van der Waals surface area contributed by atoms with Crippen molar-refractivity contribution in [1.82, 2.24) is 10.2 Å². The van der Waals surface area contributed by atoms with Crippen LogP contribution in [0.1, 0.15) is 12.2 Å². The number of furan rings is 1. The van der Waals surface area contributed by atoms with Crippen LogP contribution in [-0.2, 0) is 6.54 Å². The molecule has 1 aromatic rings. The number of halogens is 3. The minimum absolute atomic E-state index is 0.113. The number of hydrogen-bond acceptors (Lipinski definition) is 3. The van der Waals surface area contributed by atoms with Crippen LogP contribution < -0.4 is 5.32 Å². The van der Waals surface area contributed by atoms with Gasteiger partial charge < -0.3 is 9.73 Å². The monoisotopic (exact) mass is 248 g/mol. The third kappa shape index (κ3) is 4.05. The summed E-state index contributed by atoms with van der Waals surface area (Å²) in [5, 5.41) is 3.20. The Kier molecular flexibility index (Phi) is 3.73. The maximum atomic E-state index is 12.2. The van der Waals surface area contributed by atoms with Crippen molar-refractivity contribution in [3.8, 4) is 0 Å². The maximum Gasteiger partial charge on any atom is 0.401 e. The lowest BCUT2D eigenvalue weighted by molar-refractivity contribution is -0.143. The Bertz CT molecular complexity index is 337. The zero-order chi connectivity index (χ0) is 12.3. The number of hydrogen-bond donors (Lipinski definition) is 1. The summed E-state index contributed by atoms with van der Waals surface area (Å²) in [4.78, 5) is 1.43. The van der Waals surface area contributed by atoms with Gasteiger partial charge >= 0.3 is 6.18 Å². The molecule has 17 heavy (non-hydrogen) atoms. The standard InChI is InChI=1S/C11H15F3N2O/c12-11(13,14)8-16-4-3-9(7-16)15-6-10-2-1-5-17-10/h1-2,5,9,15H,3-4,6-8H2/t9-/m0/s1. The quantitative estimate of drug-likeness (QED) is 0.883. The molecule has 96 valence electrons. The van der Waals surface area contributed by atoms with Gasteiger partial charge in [0.1, 0.15) is 5.76 Å². The first kappa shape index (κ1) is 12.4. The second kappa shape index (κ2) is 5.10. The second-order valence-corrected chi connectivity index (χ2v) is 4.30. The Hall–Kier alpha value is -1.01. The SMILES string of the molecule is FC(F)(F)CN1CC[C@H](NCc2ccco2)C1. The molecule has 2 rings (SSSR count). The van der Waals surface area contributed by atoms with E-state index < -0.39 is 12.7 Å². The van der Waals surface area contributed by atoms with Crippen molar-refractivity contribution in [2.45, 2.75) is 25.2 Å². The van der Waals surface area contributed by atoms with E-state index in [4.69, 9.17) is 4.42 Å². The molecule has 0 saturated carbocycles. The van der Waals surface area contributed by atoms with Gasteiger partial charge in [-0.15, -0.1) is 0 Å². The van der Waals surface area contributed by atoms with Gasteiger partial charge in [-0.05, 0) is 18.6 Å². The van der Waals surface area contributed by atoms with Crippen molar-refractivity contribution < 1.29 is 17.6 Å². The first-order chi connectivity index (χ1) is 8.03. The Morgan fingerprint density at radius 3 is 2.94 bits per heavy atom. The second-order valence-electron chi connectivity index (χ2n) is 4.30. The molecule has 1 N–H and O–H groups in total. The van der Waals surface area contributed by atoms with Crippen molar-refractivity contribution in [2.75, 3.05) is 19.6 Å². The molecule has 0 aromatic carbocycles. The molecule has 6 heteroatoms. The van der Waals surface area contributed by atoms with Crippen LogP contribution in [0.4, 0.5) is 13.2 Å². The van der Waals surface area contributed by atoms with Gasteiger partial charge in [0.05, 0.1) is 19.4 Å². The summed E-state index contributed by atoms with van der Waals surface area (Å²) in [6.07, 6.45) is -1.77. The van der Waals surface area contributed by atoms with Gasteiger partial charge in [0.2, 0.25) is 0 Å². The molecule has 0 amide bonds. The predicted molar refractivity (Wildman–Crippen MR) is 56.4 cm³/mol. The molecule has 0 spiro atoms. The average Bonchev–Trinajstić information content (AvgIpc) is 2.82. The van der Waals surface area contributed by atoms with Crippen LogP contribution >= 0.6 is 0 Å². The number of likely N-dealkylation sites (tertiary alicyclic amines) is 1. The Labute approximate surface area is 97.6 Å². The van der Waals surface area contributed by atoms with Gasteiger partial charge in [-0.25, -0.2) is 0 Å². The third-order valence-electron chi connectivity index (χ3n) is 2.82. The van der Waals surface area contributed by atoms with E-state index in [2.05, 4.69) is 5.32 Å². The van der Waals surface area contributed by atoms with E-state index in [1.165, 1.54) is 4.90 Å². The highest BCUT2D eigenvalue weighted by atomic mass is 19.4. The highest BCUT2D eigenvalue weighted by molar-refractivity contribution is 4.98. The normalized spacial score (nSPS) is 22.2. The highest BCUT2D eigenvalue weighted by Crippen LogP contribution is 2.20. The van der Waals surface area contributed by atoms with Crippen LogP contribution in [0.25, 0.3) is 0 Å². The molecule has 0 bridgehead atoms. The van der Waals surface area contributed by atoms with E-state index in [-0.39, 0.29) is 6.04 Å². The van der Waals surface area contributed by atoms with E-state index in [1.54, 1.807) is 12.3 Å². The van der Waals surface area contributed by atoms with Crippen molar-refractivity contribution in [3.05, 3.63) is 24.2 Å². The molecule has 1 saturated heterocycles. The minimum atomic E-state index is -4.10. The molecule has 1 atom stereocenters.